The maximum absolute atomic E-state index is 13.2. The number of carbonyl (C=O) groups excluding carboxylic acids is 2. The average Bonchev–Trinajstić information content (AvgIpc) is 3.72. The van der Waals surface area contributed by atoms with Crippen molar-refractivity contribution < 1.29 is 18.8 Å². The minimum Gasteiger partial charge on any atom is -0.495 e. The van der Waals surface area contributed by atoms with Crippen LogP contribution in [0.25, 0.3) is 11.5 Å². The highest BCUT2D eigenvalue weighted by Crippen LogP contribution is 2.40. The molecule has 42 heavy (non-hydrogen) atoms. The lowest BCUT2D eigenvalue weighted by molar-refractivity contribution is -0.120. The zero-order chi connectivity index (χ0) is 29.4. The summed E-state index contributed by atoms with van der Waals surface area (Å²) in [6.07, 6.45) is 6.82. The molecule has 1 aliphatic carbocycles. The topological polar surface area (TPSA) is 133 Å². The largest absolute Gasteiger partial charge is 0.495 e. The molecule has 6 rings (SSSR count). The van der Waals surface area contributed by atoms with Gasteiger partial charge in [0.05, 0.1) is 19.0 Å². The predicted octanol–water partition coefficient (Wildman–Crippen LogP) is 3.17. The lowest BCUT2D eigenvalue weighted by Gasteiger charge is -2.43. The molecule has 0 spiro atoms. The predicted molar refractivity (Wildman–Crippen MR) is 157 cm³/mol. The third kappa shape index (κ3) is 5.13. The normalized spacial score (nSPS) is 19.8. The van der Waals surface area contributed by atoms with E-state index in [4.69, 9.17) is 14.2 Å². The number of hydrogen-bond donors (Lipinski definition) is 1. The van der Waals surface area contributed by atoms with Gasteiger partial charge in [-0.05, 0) is 44.5 Å². The monoisotopic (exact) mass is 575 g/mol. The van der Waals surface area contributed by atoms with E-state index in [-0.39, 0.29) is 35.6 Å². The number of nitrogens with zero attached hydrogens (tertiary/aromatic N) is 8. The van der Waals surface area contributed by atoms with Crippen molar-refractivity contribution in [1.82, 2.24) is 29.9 Å². The molecule has 1 saturated carbocycles. The SMILES string of the molecule is CCC1C(=O)N(C)c2cnc(Nc3ccc(-c4nc(C(=O)N5CCN(C)CC5)no4)cc3OC)nc2N1C1CCCC1. The number of piperazine rings is 1. The van der Waals surface area contributed by atoms with Gasteiger partial charge in [0, 0.05) is 44.8 Å². The van der Waals surface area contributed by atoms with Crippen molar-refractivity contribution in [3.8, 4) is 17.2 Å². The number of likely N-dealkylation sites (N-methyl/N-ethyl adjacent to an activating group) is 2. The Balaban J connectivity index is 1.24. The second-order valence-electron chi connectivity index (χ2n) is 11.1. The van der Waals surface area contributed by atoms with Crippen molar-refractivity contribution in [3.63, 3.8) is 0 Å². The van der Waals surface area contributed by atoms with Crippen LogP contribution in [0.4, 0.5) is 23.1 Å². The van der Waals surface area contributed by atoms with Crippen LogP contribution in [-0.4, -0.2) is 101 Å². The summed E-state index contributed by atoms with van der Waals surface area (Å²) in [5.41, 5.74) is 1.98. The van der Waals surface area contributed by atoms with E-state index in [1.165, 1.54) is 0 Å². The molecule has 0 bridgehead atoms. The van der Waals surface area contributed by atoms with E-state index in [0.717, 1.165) is 44.6 Å². The van der Waals surface area contributed by atoms with E-state index < -0.39 is 0 Å². The number of aromatic nitrogens is 4. The van der Waals surface area contributed by atoms with E-state index in [0.29, 0.717) is 48.1 Å². The number of benzene rings is 1. The van der Waals surface area contributed by atoms with Crippen molar-refractivity contribution in [3.05, 3.63) is 30.2 Å². The van der Waals surface area contributed by atoms with Crippen LogP contribution < -0.4 is 19.9 Å². The van der Waals surface area contributed by atoms with Crippen LogP contribution in [0.5, 0.6) is 5.75 Å². The Morgan fingerprint density at radius 2 is 1.88 bits per heavy atom. The van der Waals surface area contributed by atoms with Crippen LogP contribution in [0, 0.1) is 0 Å². The van der Waals surface area contributed by atoms with E-state index in [1.807, 2.05) is 26.1 Å². The number of amides is 2. The smallest absolute Gasteiger partial charge is 0.295 e. The summed E-state index contributed by atoms with van der Waals surface area (Å²) < 4.78 is 11.1. The van der Waals surface area contributed by atoms with Gasteiger partial charge in [-0.3, -0.25) is 9.59 Å². The van der Waals surface area contributed by atoms with E-state index in [1.54, 1.807) is 36.2 Å². The van der Waals surface area contributed by atoms with E-state index in [9.17, 15) is 9.59 Å². The molecule has 3 aliphatic rings. The van der Waals surface area contributed by atoms with Crippen molar-refractivity contribution >= 4 is 35.0 Å². The Kier molecular flexibility index (Phi) is 7.67. The molecule has 1 aromatic carbocycles. The number of nitrogens with one attached hydrogen (secondary N) is 1. The zero-order valence-corrected chi connectivity index (χ0v) is 24.5. The molecule has 2 fully saturated rings. The third-order valence-electron chi connectivity index (χ3n) is 8.51. The average molecular weight is 576 g/mol. The minimum atomic E-state index is -0.246. The molecule has 13 heteroatoms. The standard InChI is InChI=1S/C29H37N9O4/c1-5-21-27(39)36(3)22-17-30-29(33-25(22)38(21)19-8-6-7-9-19)31-20-11-10-18(16-23(20)41-4)26-32-24(34-42-26)28(40)37-14-12-35(2)13-15-37/h10-11,16-17,19,21H,5-9,12-15H2,1-4H3,(H,30,31,33). The third-order valence-corrected chi connectivity index (χ3v) is 8.51. The first kappa shape index (κ1) is 27.9. The van der Waals surface area contributed by atoms with Crippen LogP contribution in [-0.2, 0) is 4.79 Å². The van der Waals surface area contributed by atoms with Gasteiger partial charge in [0.25, 0.3) is 17.6 Å². The number of ether oxygens (including phenoxy) is 1. The van der Waals surface area contributed by atoms with Crippen molar-refractivity contribution in [2.45, 2.75) is 51.1 Å². The Hall–Kier alpha value is -4.26. The van der Waals surface area contributed by atoms with Gasteiger partial charge in [-0.15, -0.1) is 0 Å². The summed E-state index contributed by atoms with van der Waals surface area (Å²) in [4.78, 5) is 47.7. The fourth-order valence-corrected chi connectivity index (χ4v) is 6.07. The molecule has 1 atom stereocenters. The van der Waals surface area contributed by atoms with Crippen molar-refractivity contribution in [2.75, 3.05) is 62.5 Å². The Bertz CT molecular complexity index is 1460. The molecule has 4 heterocycles. The van der Waals surface area contributed by atoms with Gasteiger partial charge in [0.1, 0.15) is 17.5 Å². The Morgan fingerprint density at radius 1 is 1.12 bits per heavy atom. The molecule has 2 aromatic heterocycles. The fraction of sp³-hybridized carbons (Fsp3) is 0.517. The highest BCUT2D eigenvalue weighted by molar-refractivity contribution is 6.04. The number of rotatable bonds is 7. The Labute approximate surface area is 244 Å². The Morgan fingerprint density at radius 3 is 2.60 bits per heavy atom. The summed E-state index contributed by atoms with van der Waals surface area (Å²) in [5.74, 6) is 1.80. The molecule has 0 radical (unpaired) electrons. The van der Waals surface area contributed by atoms with Gasteiger partial charge in [-0.2, -0.15) is 9.97 Å². The molecule has 222 valence electrons. The highest BCUT2D eigenvalue weighted by atomic mass is 16.5. The second kappa shape index (κ2) is 11.6. The highest BCUT2D eigenvalue weighted by Gasteiger charge is 2.41. The lowest BCUT2D eigenvalue weighted by atomic mass is 10.0. The van der Waals surface area contributed by atoms with Crippen LogP contribution in [0.1, 0.15) is 49.6 Å². The number of hydrogen-bond acceptors (Lipinski definition) is 11. The van der Waals surface area contributed by atoms with Gasteiger partial charge < -0.3 is 34.2 Å². The molecular formula is C29H37N9O4. The molecule has 3 aromatic rings. The molecule has 1 saturated heterocycles. The lowest BCUT2D eigenvalue weighted by Crippen LogP contribution is -2.55. The van der Waals surface area contributed by atoms with E-state index in [2.05, 4.69) is 30.2 Å². The van der Waals surface area contributed by atoms with Crippen LogP contribution in [0.2, 0.25) is 0 Å². The van der Waals surface area contributed by atoms with Crippen molar-refractivity contribution in [1.29, 1.82) is 0 Å². The molecule has 2 amide bonds. The quantitative estimate of drug-likeness (QED) is 0.445. The zero-order valence-electron chi connectivity index (χ0n) is 24.5. The maximum Gasteiger partial charge on any atom is 0.295 e. The van der Waals surface area contributed by atoms with Gasteiger partial charge in [0.15, 0.2) is 5.82 Å². The number of methoxy groups -OCH3 is 1. The van der Waals surface area contributed by atoms with Crippen molar-refractivity contribution in [2.24, 2.45) is 0 Å². The number of carbonyl (C=O) groups is 2. The summed E-state index contributed by atoms with van der Waals surface area (Å²) in [7, 11) is 5.39. The molecule has 13 nitrogen and oxygen atoms in total. The molecule has 2 aliphatic heterocycles. The summed E-state index contributed by atoms with van der Waals surface area (Å²) >= 11 is 0. The number of anilines is 4. The first-order valence-electron chi connectivity index (χ1n) is 14.6. The summed E-state index contributed by atoms with van der Waals surface area (Å²) in [6.45, 7) is 4.92. The maximum atomic E-state index is 13.2. The van der Waals surface area contributed by atoms with Crippen LogP contribution >= 0.6 is 0 Å². The number of fused-ring (bicyclic) bond motifs is 1. The van der Waals surface area contributed by atoms with Gasteiger partial charge in [-0.1, -0.05) is 24.9 Å². The fourth-order valence-electron chi connectivity index (χ4n) is 6.07. The minimum absolute atomic E-state index is 0.0406. The van der Waals surface area contributed by atoms with Crippen LogP contribution in [0.15, 0.2) is 28.9 Å². The first-order valence-corrected chi connectivity index (χ1v) is 14.6. The van der Waals surface area contributed by atoms with E-state index >= 15 is 0 Å². The molecular weight excluding hydrogens is 538 g/mol. The van der Waals surface area contributed by atoms with Gasteiger partial charge >= 0.3 is 0 Å². The summed E-state index contributed by atoms with van der Waals surface area (Å²) in [6, 6.07) is 5.44. The second-order valence-corrected chi connectivity index (χ2v) is 11.1. The van der Waals surface area contributed by atoms with Gasteiger partial charge in [0.2, 0.25) is 11.9 Å². The summed E-state index contributed by atoms with van der Waals surface area (Å²) in [5, 5.41) is 7.22. The molecule has 1 N–H and O–H groups in total. The molecule has 1 unspecified atom stereocenters. The van der Waals surface area contributed by atoms with Gasteiger partial charge in [-0.25, -0.2) is 4.98 Å². The first-order chi connectivity index (χ1) is 20.4. The van der Waals surface area contributed by atoms with Crippen LogP contribution in [0.3, 0.4) is 0 Å².